The topological polar surface area (TPSA) is 24.1 Å². The molecule has 2 N–H and O–H groups in total. The number of rotatable bonds is 7. The molecule has 0 aromatic rings. The van der Waals surface area contributed by atoms with E-state index in [-0.39, 0.29) is 0 Å². The van der Waals surface area contributed by atoms with Crippen molar-refractivity contribution in [2.45, 2.75) is 39.2 Å². The second kappa shape index (κ2) is 5.55. The van der Waals surface area contributed by atoms with Crippen LogP contribution in [0, 0.1) is 5.92 Å². The molecule has 1 fully saturated rings. The highest BCUT2D eigenvalue weighted by Crippen LogP contribution is 2.32. The summed E-state index contributed by atoms with van der Waals surface area (Å²) >= 11 is 0. The van der Waals surface area contributed by atoms with Gasteiger partial charge in [-0.1, -0.05) is 20.3 Å². The quantitative estimate of drug-likeness (QED) is 0.564. The lowest BCUT2D eigenvalue weighted by molar-refractivity contribution is 0.578. The maximum Gasteiger partial charge on any atom is 0.00990 e. The smallest absolute Gasteiger partial charge is 0.00990 e. The largest absolute Gasteiger partial charge is 0.317 e. The Hall–Kier alpha value is -0.0800. The molecule has 2 heteroatoms. The van der Waals surface area contributed by atoms with E-state index < -0.39 is 0 Å². The van der Waals surface area contributed by atoms with Crippen molar-refractivity contribution in [3.8, 4) is 0 Å². The van der Waals surface area contributed by atoms with Gasteiger partial charge in [0.1, 0.15) is 0 Å². The number of hydrogen-bond acceptors (Lipinski definition) is 2. The van der Waals surface area contributed by atoms with Gasteiger partial charge in [-0.25, -0.2) is 0 Å². The van der Waals surface area contributed by atoms with Crippen molar-refractivity contribution in [1.82, 2.24) is 10.6 Å². The molecule has 0 amide bonds. The van der Waals surface area contributed by atoms with E-state index >= 15 is 0 Å². The predicted molar refractivity (Wildman–Crippen MR) is 53.3 cm³/mol. The Morgan fingerprint density at radius 3 is 2.67 bits per heavy atom. The molecule has 0 aromatic carbocycles. The van der Waals surface area contributed by atoms with Crippen molar-refractivity contribution in [2.75, 3.05) is 19.6 Å². The van der Waals surface area contributed by atoms with Gasteiger partial charge in [0.2, 0.25) is 0 Å². The van der Waals surface area contributed by atoms with Crippen LogP contribution in [-0.4, -0.2) is 25.7 Å². The second-order valence-corrected chi connectivity index (χ2v) is 3.67. The van der Waals surface area contributed by atoms with Crippen LogP contribution < -0.4 is 10.6 Å². The van der Waals surface area contributed by atoms with E-state index in [2.05, 4.69) is 24.5 Å². The summed E-state index contributed by atoms with van der Waals surface area (Å²) in [5.41, 5.74) is 0. The molecule has 1 saturated carbocycles. The number of nitrogens with one attached hydrogen (secondary N) is 2. The molecule has 1 aliphatic carbocycles. The molecule has 0 spiro atoms. The summed E-state index contributed by atoms with van der Waals surface area (Å²) in [7, 11) is 0. The Bertz CT molecular complexity index is 114. The maximum absolute atomic E-state index is 3.58. The van der Waals surface area contributed by atoms with Crippen molar-refractivity contribution < 1.29 is 0 Å². The average Bonchev–Trinajstić information content (AvgIpc) is 2.83. The molecule has 0 aromatic heterocycles. The minimum Gasteiger partial charge on any atom is -0.317 e. The van der Waals surface area contributed by atoms with Crippen molar-refractivity contribution in [3.63, 3.8) is 0 Å². The van der Waals surface area contributed by atoms with Crippen molar-refractivity contribution in [3.05, 3.63) is 0 Å². The molecule has 2 unspecified atom stereocenters. The van der Waals surface area contributed by atoms with Gasteiger partial charge >= 0.3 is 0 Å². The van der Waals surface area contributed by atoms with E-state index in [1.54, 1.807) is 0 Å². The molecule has 0 aliphatic heterocycles. The highest BCUT2D eigenvalue weighted by Gasteiger charge is 2.34. The van der Waals surface area contributed by atoms with Gasteiger partial charge in [0.05, 0.1) is 0 Å². The summed E-state index contributed by atoms with van der Waals surface area (Å²) in [4.78, 5) is 0. The Morgan fingerprint density at radius 1 is 1.25 bits per heavy atom. The molecule has 1 aliphatic rings. The first kappa shape index (κ1) is 10.0. The maximum atomic E-state index is 3.58. The Morgan fingerprint density at radius 2 is 2.08 bits per heavy atom. The molecule has 1 rings (SSSR count). The summed E-state index contributed by atoms with van der Waals surface area (Å²) in [5, 5.41) is 6.90. The standard InChI is InChI=1S/C10H22N2/c1-3-9-8-10(9)12-7-5-6-11-4-2/h9-12H,3-8H2,1-2H3. The summed E-state index contributed by atoms with van der Waals surface area (Å²) in [6, 6.07) is 0.858. The predicted octanol–water partition coefficient (Wildman–Crippen LogP) is 1.37. The lowest BCUT2D eigenvalue weighted by atomic mass is 10.3. The van der Waals surface area contributed by atoms with Gasteiger partial charge in [0, 0.05) is 6.04 Å². The zero-order chi connectivity index (χ0) is 8.81. The summed E-state index contributed by atoms with van der Waals surface area (Å²) < 4.78 is 0. The van der Waals surface area contributed by atoms with Gasteiger partial charge in [0.15, 0.2) is 0 Å². The number of hydrogen-bond donors (Lipinski definition) is 2. The molecule has 2 atom stereocenters. The van der Waals surface area contributed by atoms with Crippen molar-refractivity contribution in [1.29, 1.82) is 0 Å². The Labute approximate surface area is 76.1 Å². The molecule has 12 heavy (non-hydrogen) atoms. The zero-order valence-electron chi connectivity index (χ0n) is 8.40. The van der Waals surface area contributed by atoms with Crippen LogP contribution in [-0.2, 0) is 0 Å². The summed E-state index contributed by atoms with van der Waals surface area (Å²) in [5.74, 6) is 0.990. The van der Waals surface area contributed by atoms with Crippen LogP contribution in [0.1, 0.15) is 33.1 Å². The Balaban J connectivity index is 1.78. The molecule has 0 heterocycles. The van der Waals surface area contributed by atoms with Crippen molar-refractivity contribution in [2.24, 2.45) is 5.92 Å². The van der Waals surface area contributed by atoms with Gasteiger partial charge in [-0.15, -0.1) is 0 Å². The first-order chi connectivity index (χ1) is 5.88. The SMILES string of the molecule is CCNCCCNC1CC1CC. The fourth-order valence-corrected chi connectivity index (χ4v) is 1.63. The van der Waals surface area contributed by atoms with Gasteiger partial charge in [-0.2, -0.15) is 0 Å². The van der Waals surface area contributed by atoms with Gasteiger partial charge < -0.3 is 10.6 Å². The minimum absolute atomic E-state index is 0.858. The highest BCUT2D eigenvalue weighted by atomic mass is 15.0. The first-order valence-electron chi connectivity index (χ1n) is 5.32. The summed E-state index contributed by atoms with van der Waals surface area (Å²) in [6.45, 7) is 7.88. The second-order valence-electron chi connectivity index (χ2n) is 3.67. The summed E-state index contributed by atoms with van der Waals surface area (Å²) in [6.07, 6.45) is 4.03. The van der Waals surface area contributed by atoms with Gasteiger partial charge in [0.25, 0.3) is 0 Å². The lowest BCUT2D eigenvalue weighted by Gasteiger charge is -2.03. The molecule has 72 valence electrons. The van der Waals surface area contributed by atoms with Gasteiger partial charge in [-0.05, 0) is 38.4 Å². The molecule has 0 radical (unpaired) electrons. The van der Waals surface area contributed by atoms with E-state index in [1.807, 2.05) is 0 Å². The van der Waals surface area contributed by atoms with Crippen LogP contribution in [0.4, 0.5) is 0 Å². The van der Waals surface area contributed by atoms with Crippen LogP contribution in [0.2, 0.25) is 0 Å². The van der Waals surface area contributed by atoms with E-state index in [0.717, 1.165) is 25.0 Å². The van der Waals surface area contributed by atoms with E-state index in [1.165, 1.54) is 25.8 Å². The minimum atomic E-state index is 0.858. The lowest BCUT2D eigenvalue weighted by Crippen LogP contribution is -2.24. The monoisotopic (exact) mass is 170 g/mol. The van der Waals surface area contributed by atoms with Crippen LogP contribution in [0.15, 0.2) is 0 Å². The van der Waals surface area contributed by atoms with Gasteiger partial charge in [-0.3, -0.25) is 0 Å². The van der Waals surface area contributed by atoms with E-state index in [4.69, 9.17) is 0 Å². The third-order valence-electron chi connectivity index (χ3n) is 2.63. The van der Waals surface area contributed by atoms with E-state index in [0.29, 0.717) is 0 Å². The van der Waals surface area contributed by atoms with E-state index in [9.17, 15) is 0 Å². The Kier molecular flexibility index (Phi) is 4.62. The van der Waals surface area contributed by atoms with Crippen LogP contribution >= 0.6 is 0 Å². The molecule has 2 nitrogen and oxygen atoms in total. The van der Waals surface area contributed by atoms with Crippen LogP contribution in [0.25, 0.3) is 0 Å². The molecule has 0 bridgehead atoms. The molecular weight excluding hydrogens is 148 g/mol. The molecular formula is C10H22N2. The highest BCUT2D eigenvalue weighted by molar-refractivity contribution is 4.91. The first-order valence-corrected chi connectivity index (χ1v) is 5.32. The van der Waals surface area contributed by atoms with Crippen molar-refractivity contribution >= 4 is 0 Å². The zero-order valence-corrected chi connectivity index (χ0v) is 8.40. The average molecular weight is 170 g/mol. The fraction of sp³-hybridized carbons (Fsp3) is 1.00. The third-order valence-corrected chi connectivity index (χ3v) is 2.63. The van der Waals surface area contributed by atoms with Crippen LogP contribution in [0.5, 0.6) is 0 Å². The fourth-order valence-electron chi connectivity index (χ4n) is 1.63. The van der Waals surface area contributed by atoms with Crippen LogP contribution in [0.3, 0.4) is 0 Å². The molecule has 0 saturated heterocycles. The normalized spacial score (nSPS) is 27.5. The third kappa shape index (κ3) is 3.55.